The Kier molecular flexibility index (Phi) is 10.5. The number of piperidine rings is 1. The van der Waals surface area contributed by atoms with Crippen LogP contribution in [-0.2, 0) is 25.7 Å². The molecule has 2 aliphatic carbocycles. The molecule has 52 heavy (non-hydrogen) atoms. The highest BCUT2D eigenvalue weighted by Crippen LogP contribution is 2.54. The second-order valence-electron chi connectivity index (χ2n) is 17.2. The van der Waals surface area contributed by atoms with Gasteiger partial charge in [-0.2, -0.15) is 5.10 Å². The van der Waals surface area contributed by atoms with Gasteiger partial charge in [0.15, 0.2) is 0 Å². The van der Waals surface area contributed by atoms with Crippen LogP contribution in [0, 0.1) is 28.6 Å². The van der Waals surface area contributed by atoms with E-state index in [0.717, 1.165) is 37.7 Å². The van der Waals surface area contributed by atoms with E-state index in [1.165, 1.54) is 19.3 Å². The van der Waals surface area contributed by atoms with Crippen molar-refractivity contribution in [2.24, 2.45) is 34.3 Å². The van der Waals surface area contributed by atoms with Gasteiger partial charge in [0, 0.05) is 69.4 Å². The zero-order valence-electron chi connectivity index (χ0n) is 31.2. The third-order valence-electron chi connectivity index (χ3n) is 12.6. The van der Waals surface area contributed by atoms with E-state index in [-0.39, 0.29) is 47.5 Å². The first-order valence-corrected chi connectivity index (χ1v) is 19.5. The molecule has 12 nitrogen and oxygen atoms in total. The Hall–Kier alpha value is -3.77. The zero-order chi connectivity index (χ0) is 36.6. The van der Waals surface area contributed by atoms with E-state index < -0.39 is 23.5 Å². The molecule has 282 valence electrons. The van der Waals surface area contributed by atoms with E-state index >= 15 is 0 Å². The lowest BCUT2D eigenvalue weighted by Crippen LogP contribution is -2.66. The molecule has 3 N–H and O–H groups in total. The minimum Gasteiger partial charge on any atom is -0.376 e. The third-order valence-corrected chi connectivity index (χ3v) is 12.6. The van der Waals surface area contributed by atoms with Crippen LogP contribution in [0.4, 0.5) is 0 Å². The van der Waals surface area contributed by atoms with Crippen LogP contribution in [0.3, 0.4) is 0 Å². The maximum Gasteiger partial charge on any atom is 0.257 e. The monoisotopic (exact) mass is 715 g/mol. The predicted molar refractivity (Wildman–Crippen MR) is 196 cm³/mol. The molecule has 12 heteroatoms. The predicted octanol–water partition coefficient (Wildman–Crippen LogP) is 3.30. The Labute approximate surface area is 307 Å². The van der Waals surface area contributed by atoms with Crippen molar-refractivity contribution in [2.45, 2.75) is 96.9 Å². The van der Waals surface area contributed by atoms with Crippen LogP contribution in [-0.4, -0.2) is 112 Å². The number of benzene rings is 1. The van der Waals surface area contributed by atoms with E-state index in [9.17, 15) is 19.2 Å². The molecule has 5 atom stereocenters. The Morgan fingerprint density at radius 1 is 0.942 bits per heavy atom. The van der Waals surface area contributed by atoms with Gasteiger partial charge >= 0.3 is 0 Å². The number of carbonyl (C=O) groups is 4. The standard InChI is InChI=1S/C40H57N7O5/c1-27(52-23-29-13-8-5-9-14-29)34(38(51)44-16-10-15-31(41)21-44)43-35(48)33-22-45(24-40(33)25-46(26-40)37(50)32-17-39(32,2)3)36(49)30-18-42-47(20-30)19-28-11-6-4-7-12-28/h4,6-7,11-12,18,20,27,29,31-34H,5,8-10,13-17,19,21-26,41H2,1-3H3,(H,43,48)/t27-,31+,32-,33-,34+/m1/s1. The second-order valence-corrected chi connectivity index (χ2v) is 17.2. The summed E-state index contributed by atoms with van der Waals surface area (Å²) in [5.41, 5.74) is 7.20. The summed E-state index contributed by atoms with van der Waals surface area (Å²) in [6.45, 7) is 9.58. The minimum absolute atomic E-state index is 0.00741. The zero-order valence-corrected chi connectivity index (χ0v) is 31.2. The highest BCUT2D eigenvalue weighted by atomic mass is 16.5. The van der Waals surface area contributed by atoms with E-state index in [4.69, 9.17) is 10.5 Å². The highest BCUT2D eigenvalue weighted by molar-refractivity contribution is 5.96. The van der Waals surface area contributed by atoms with Gasteiger partial charge in [0.05, 0.1) is 30.3 Å². The van der Waals surface area contributed by atoms with Crippen LogP contribution in [0.25, 0.3) is 0 Å². The van der Waals surface area contributed by atoms with Gasteiger partial charge in [-0.15, -0.1) is 0 Å². The molecule has 0 unspecified atom stereocenters. The normalized spacial score (nSPS) is 26.5. The van der Waals surface area contributed by atoms with Crippen LogP contribution in [0.15, 0.2) is 42.7 Å². The van der Waals surface area contributed by atoms with Crippen molar-refractivity contribution in [1.82, 2.24) is 29.8 Å². The first-order chi connectivity index (χ1) is 24.9. The number of aromatic nitrogens is 2. The Balaban J connectivity index is 1.09. The molecule has 4 amide bonds. The smallest absolute Gasteiger partial charge is 0.257 e. The average molecular weight is 716 g/mol. The molecule has 5 fully saturated rings. The molecule has 5 aliphatic rings. The van der Waals surface area contributed by atoms with Crippen LogP contribution in [0.5, 0.6) is 0 Å². The van der Waals surface area contributed by atoms with Crippen molar-refractivity contribution in [3.05, 3.63) is 53.9 Å². The molecule has 1 aromatic carbocycles. The molecule has 4 heterocycles. The number of rotatable bonds is 11. The van der Waals surface area contributed by atoms with Gasteiger partial charge in [0.1, 0.15) is 6.04 Å². The summed E-state index contributed by atoms with van der Waals surface area (Å²) in [6, 6.07) is 8.96. The largest absolute Gasteiger partial charge is 0.376 e. The number of amides is 4. The lowest BCUT2D eigenvalue weighted by molar-refractivity contribution is -0.153. The molecule has 1 spiro atoms. The molecule has 3 aliphatic heterocycles. The summed E-state index contributed by atoms with van der Waals surface area (Å²) in [5, 5.41) is 7.61. The Morgan fingerprint density at radius 3 is 2.35 bits per heavy atom. The molecule has 0 bridgehead atoms. The van der Waals surface area contributed by atoms with Crippen LogP contribution in [0.1, 0.15) is 88.1 Å². The van der Waals surface area contributed by atoms with E-state index in [1.54, 1.807) is 26.9 Å². The fraction of sp³-hybridized carbons (Fsp3) is 0.675. The lowest BCUT2D eigenvalue weighted by Gasteiger charge is -2.50. The third kappa shape index (κ3) is 7.78. The van der Waals surface area contributed by atoms with Crippen molar-refractivity contribution >= 4 is 23.6 Å². The number of hydrogen-bond donors (Lipinski definition) is 2. The van der Waals surface area contributed by atoms with Crippen LogP contribution >= 0.6 is 0 Å². The van der Waals surface area contributed by atoms with Gasteiger partial charge in [-0.3, -0.25) is 23.9 Å². The van der Waals surface area contributed by atoms with E-state index in [2.05, 4.69) is 24.3 Å². The number of carbonyl (C=O) groups excluding carboxylic acids is 4. The summed E-state index contributed by atoms with van der Waals surface area (Å²) in [7, 11) is 0. The molecule has 3 saturated heterocycles. The number of ether oxygens (including phenoxy) is 1. The summed E-state index contributed by atoms with van der Waals surface area (Å²) < 4.78 is 8.13. The summed E-state index contributed by atoms with van der Waals surface area (Å²) in [5.74, 6) is -0.672. The molecule has 7 rings (SSSR count). The number of likely N-dealkylation sites (tertiary alicyclic amines) is 3. The maximum atomic E-state index is 14.5. The van der Waals surface area contributed by atoms with Gasteiger partial charge in [-0.25, -0.2) is 0 Å². The van der Waals surface area contributed by atoms with Crippen molar-refractivity contribution in [1.29, 1.82) is 0 Å². The Morgan fingerprint density at radius 2 is 1.65 bits per heavy atom. The molecule has 2 aromatic rings. The fourth-order valence-corrected chi connectivity index (χ4v) is 9.08. The van der Waals surface area contributed by atoms with Gasteiger partial charge in [-0.1, -0.05) is 63.4 Å². The average Bonchev–Trinajstić information content (AvgIpc) is 3.42. The summed E-state index contributed by atoms with van der Waals surface area (Å²) in [6.07, 6.45) is 11.2. The quantitative estimate of drug-likeness (QED) is 0.364. The number of nitrogens with two attached hydrogens (primary N) is 1. The number of nitrogens with zero attached hydrogens (tertiary/aromatic N) is 5. The highest BCUT2D eigenvalue weighted by Gasteiger charge is 2.62. The van der Waals surface area contributed by atoms with E-state index in [0.29, 0.717) is 57.4 Å². The molecule has 0 radical (unpaired) electrons. The van der Waals surface area contributed by atoms with Gasteiger partial charge in [-0.05, 0) is 55.9 Å². The first-order valence-electron chi connectivity index (χ1n) is 19.5. The molecule has 1 aromatic heterocycles. The molecular weight excluding hydrogens is 658 g/mol. The topological polar surface area (TPSA) is 143 Å². The number of hydrogen-bond acceptors (Lipinski definition) is 7. The lowest BCUT2D eigenvalue weighted by atomic mass is 9.70. The van der Waals surface area contributed by atoms with Crippen molar-refractivity contribution in [2.75, 3.05) is 45.9 Å². The first kappa shape index (κ1) is 36.6. The SMILES string of the molecule is C[C@@H](OCC1CCCCC1)[C@H](NC(=O)[C@H]1CN(C(=O)c2cnn(Cc3ccccc3)c2)CC12CN(C(=O)[C@H]1CC1(C)C)C2)C(=O)N1CCC[C@H](N)C1. The maximum absolute atomic E-state index is 14.5. The second kappa shape index (κ2) is 14.9. The summed E-state index contributed by atoms with van der Waals surface area (Å²) in [4.78, 5) is 61.5. The van der Waals surface area contributed by atoms with Crippen molar-refractivity contribution < 1.29 is 23.9 Å². The minimum atomic E-state index is -0.885. The molecule has 2 saturated carbocycles. The van der Waals surface area contributed by atoms with Crippen LogP contribution < -0.4 is 11.1 Å². The van der Waals surface area contributed by atoms with Gasteiger partial charge < -0.3 is 30.5 Å². The number of nitrogens with one attached hydrogen (secondary N) is 1. The van der Waals surface area contributed by atoms with E-state index in [1.807, 2.05) is 42.2 Å². The summed E-state index contributed by atoms with van der Waals surface area (Å²) >= 11 is 0. The van der Waals surface area contributed by atoms with Crippen LogP contribution in [0.2, 0.25) is 0 Å². The Bertz CT molecular complexity index is 1610. The van der Waals surface area contributed by atoms with Crippen molar-refractivity contribution in [3.8, 4) is 0 Å². The fourth-order valence-electron chi connectivity index (χ4n) is 9.08. The van der Waals surface area contributed by atoms with Gasteiger partial charge in [0.25, 0.3) is 5.91 Å². The molecular formula is C40H57N7O5. The van der Waals surface area contributed by atoms with Gasteiger partial charge in [0.2, 0.25) is 17.7 Å². The van der Waals surface area contributed by atoms with Crippen molar-refractivity contribution in [3.63, 3.8) is 0 Å².